The van der Waals surface area contributed by atoms with Crippen LogP contribution in [-0.4, -0.2) is 25.2 Å². The van der Waals surface area contributed by atoms with Crippen molar-refractivity contribution in [2.75, 3.05) is 0 Å². The van der Waals surface area contributed by atoms with Crippen molar-refractivity contribution < 1.29 is 18.0 Å². The molecule has 0 radical (unpaired) electrons. The van der Waals surface area contributed by atoms with Crippen LogP contribution in [-0.2, 0) is 10.0 Å². The van der Waals surface area contributed by atoms with Gasteiger partial charge in [0, 0.05) is 0 Å². The van der Waals surface area contributed by atoms with Gasteiger partial charge in [0.05, 0.1) is 16.0 Å². The predicted octanol–water partition coefficient (Wildman–Crippen LogP) is 1.48. The number of nitrogens with zero attached hydrogens (tertiary/aromatic N) is 1. The van der Waals surface area contributed by atoms with Crippen LogP contribution in [0.5, 0.6) is 0 Å². The van der Waals surface area contributed by atoms with Gasteiger partial charge < -0.3 is 0 Å². The van der Waals surface area contributed by atoms with E-state index in [9.17, 15) is 18.0 Å². The maximum absolute atomic E-state index is 12.3. The zero-order chi connectivity index (χ0) is 15.9. The molecule has 22 heavy (non-hydrogen) atoms. The smallest absolute Gasteiger partial charge is 0.267 e. The number of hydrogen-bond donors (Lipinski definition) is 1. The molecule has 0 saturated heterocycles. The first-order valence-electron chi connectivity index (χ1n) is 6.47. The van der Waals surface area contributed by atoms with Crippen molar-refractivity contribution in [3.05, 3.63) is 65.2 Å². The third-order valence-electron chi connectivity index (χ3n) is 3.34. The fourth-order valence-electron chi connectivity index (χ4n) is 2.16. The van der Waals surface area contributed by atoms with E-state index in [1.165, 1.54) is 24.3 Å². The van der Waals surface area contributed by atoms with E-state index in [0.717, 1.165) is 5.56 Å². The molecule has 1 aliphatic heterocycles. The molecule has 6 nitrogen and oxygen atoms in total. The topological polar surface area (TPSA) is 83.6 Å². The Balaban J connectivity index is 1.93. The molecule has 2 aromatic carbocycles. The summed E-state index contributed by atoms with van der Waals surface area (Å²) >= 11 is 0. The predicted molar refractivity (Wildman–Crippen MR) is 78.4 cm³/mol. The number of sulfonamides is 1. The van der Waals surface area contributed by atoms with Gasteiger partial charge in [-0.1, -0.05) is 29.8 Å². The van der Waals surface area contributed by atoms with Crippen LogP contribution in [0.1, 0.15) is 26.3 Å². The molecular formula is C15H12N2O4S. The Morgan fingerprint density at radius 1 is 0.864 bits per heavy atom. The van der Waals surface area contributed by atoms with Crippen LogP contribution in [0.3, 0.4) is 0 Å². The zero-order valence-electron chi connectivity index (χ0n) is 11.6. The summed E-state index contributed by atoms with van der Waals surface area (Å²) in [5.41, 5.74) is 1.26. The highest BCUT2D eigenvalue weighted by Crippen LogP contribution is 2.22. The number of nitrogens with one attached hydrogen (secondary N) is 1. The molecule has 0 atom stereocenters. The molecule has 2 aromatic rings. The molecule has 0 aliphatic carbocycles. The number of rotatable bonds is 3. The molecule has 0 saturated carbocycles. The van der Waals surface area contributed by atoms with Crippen molar-refractivity contribution in [1.82, 2.24) is 9.84 Å². The van der Waals surface area contributed by atoms with E-state index in [0.29, 0.717) is 5.01 Å². The fourth-order valence-corrected chi connectivity index (χ4v) is 3.17. The highest BCUT2D eigenvalue weighted by Gasteiger charge is 2.38. The number of aryl methyl sites for hydroxylation is 1. The van der Waals surface area contributed by atoms with E-state index in [1.54, 1.807) is 24.3 Å². The number of imide groups is 1. The van der Waals surface area contributed by atoms with Gasteiger partial charge in [0.1, 0.15) is 0 Å². The van der Waals surface area contributed by atoms with E-state index < -0.39 is 21.8 Å². The Morgan fingerprint density at radius 3 is 1.86 bits per heavy atom. The van der Waals surface area contributed by atoms with E-state index >= 15 is 0 Å². The second-order valence-electron chi connectivity index (χ2n) is 4.90. The van der Waals surface area contributed by atoms with Gasteiger partial charge in [0.2, 0.25) is 0 Å². The molecule has 7 heteroatoms. The van der Waals surface area contributed by atoms with Crippen molar-refractivity contribution in [3.63, 3.8) is 0 Å². The standard InChI is InChI=1S/C15H12N2O4S/c1-10-6-8-11(9-7-10)22(20,21)16-17-14(18)12-4-2-3-5-13(12)15(17)19/h2-9,16H,1H3. The lowest BCUT2D eigenvalue weighted by Gasteiger charge is -2.15. The quantitative estimate of drug-likeness (QED) is 0.870. The molecule has 0 unspecified atom stereocenters. The van der Waals surface area contributed by atoms with E-state index in [-0.39, 0.29) is 16.0 Å². The van der Waals surface area contributed by atoms with Crippen molar-refractivity contribution >= 4 is 21.8 Å². The maximum atomic E-state index is 12.3. The largest absolute Gasteiger partial charge is 0.277 e. The minimum atomic E-state index is -4.01. The number of hydrogen-bond acceptors (Lipinski definition) is 4. The van der Waals surface area contributed by atoms with E-state index in [2.05, 4.69) is 0 Å². The minimum Gasteiger partial charge on any atom is -0.267 e. The maximum Gasteiger partial charge on any atom is 0.277 e. The number of carbonyl (C=O) groups is 2. The summed E-state index contributed by atoms with van der Waals surface area (Å²) in [7, 11) is -4.01. The van der Waals surface area contributed by atoms with Crippen LogP contribution in [0, 0.1) is 6.92 Å². The summed E-state index contributed by atoms with van der Waals surface area (Å²) in [6.45, 7) is 1.83. The lowest BCUT2D eigenvalue weighted by atomic mass is 10.1. The molecule has 0 fully saturated rings. The molecule has 3 rings (SSSR count). The Bertz CT molecular complexity index is 838. The summed E-state index contributed by atoms with van der Waals surface area (Å²) in [4.78, 5) is 26.3. The van der Waals surface area contributed by atoms with Crippen molar-refractivity contribution in [1.29, 1.82) is 0 Å². The van der Waals surface area contributed by atoms with Crippen molar-refractivity contribution in [2.45, 2.75) is 11.8 Å². The Morgan fingerprint density at radius 2 is 1.36 bits per heavy atom. The molecule has 1 aliphatic rings. The van der Waals surface area contributed by atoms with Crippen LogP contribution in [0.15, 0.2) is 53.4 Å². The minimum absolute atomic E-state index is 0.0188. The molecule has 1 heterocycles. The second kappa shape index (κ2) is 5.04. The lowest BCUT2D eigenvalue weighted by Crippen LogP contribution is -2.45. The molecule has 2 amide bonds. The molecule has 112 valence electrons. The van der Waals surface area contributed by atoms with Crippen molar-refractivity contribution in [3.8, 4) is 0 Å². The SMILES string of the molecule is Cc1ccc(S(=O)(=O)NN2C(=O)c3ccccc3C2=O)cc1. The van der Waals surface area contributed by atoms with Crippen LogP contribution < -0.4 is 4.83 Å². The fraction of sp³-hybridized carbons (Fsp3) is 0.0667. The Hall–Kier alpha value is -2.51. The summed E-state index contributed by atoms with van der Waals surface area (Å²) in [6.07, 6.45) is 0. The van der Waals surface area contributed by atoms with Crippen LogP contribution in [0.4, 0.5) is 0 Å². The number of hydrazine groups is 1. The van der Waals surface area contributed by atoms with Gasteiger partial charge in [-0.05, 0) is 31.2 Å². The van der Waals surface area contributed by atoms with E-state index in [4.69, 9.17) is 0 Å². The van der Waals surface area contributed by atoms with Crippen LogP contribution >= 0.6 is 0 Å². The van der Waals surface area contributed by atoms with Gasteiger partial charge in [0.25, 0.3) is 21.8 Å². The van der Waals surface area contributed by atoms with Gasteiger partial charge >= 0.3 is 0 Å². The van der Waals surface area contributed by atoms with Crippen LogP contribution in [0.25, 0.3) is 0 Å². The van der Waals surface area contributed by atoms with Gasteiger partial charge in [-0.3, -0.25) is 9.59 Å². The second-order valence-corrected chi connectivity index (χ2v) is 6.56. The third-order valence-corrected chi connectivity index (χ3v) is 4.65. The highest BCUT2D eigenvalue weighted by atomic mass is 32.2. The van der Waals surface area contributed by atoms with Crippen molar-refractivity contribution in [2.24, 2.45) is 0 Å². The van der Waals surface area contributed by atoms with Gasteiger partial charge in [0.15, 0.2) is 0 Å². The number of carbonyl (C=O) groups excluding carboxylic acids is 2. The summed E-state index contributed by atoms with van der Waals surface area (Å²) in [6, 6.07) is 12.3. The number of benzene rings is 2. The normalized spacial score (nSPS) is 14.3. The highest BCUT2D eigenvalue weighted by molar-refractivity contribution is 7.89. The Kier molecular flexibility index (Phi) is 3.31. The molecule has 0 spiro atoms. The van der Waals surface area contributed by atoms with Gasteiger partial charge in [-0.2, -0.15) is 5.01 Å². The monoisotopic (exact) mass is 316 g/mol. The number of amides is 2. The summed E-state index contributed by atoms with van der Waals surface area (Å²) in [5.74, 6) is -1.37. The lowest BCUT2D eigenvalue weighted by molar-refractivity contribution is 0.0618. The Labute approximate surface area is 127 Å². The van der Waals surface area contributed by atoms with Gasteiger partial charge in [-0.15, -0.1) is 4.83 Å². The molecule has 0 bridgehead atoms. The number of fused-ring (bicyclic) bond motifs is 1. The molecule has 0 aromatic heterocycles. The molecular weight excluding hydrogens is 304 g/mol. The van der Waals surface area contributed by atoms with Gasteiger partial charge in [-0.25, -0.2) is 8.42 Å². The molecule has 1 N–H and O–H groups in total. The summed E-state index contributed by atoms with van der Waals surface area (Å²) in [5, 5.41) is 0.528. The third kappa shape index (κ3) is 2.30. The average molecular weight is 316 g/mol. The first-order chi connectivity index (χ1) is 10.4. The van der Waals surface area contributed by atoms with E-state index in [1.807, 2.05) is 11.8 Å². The summed E-state index contributed by atoms with van der Waals surface area (Å²) < 4.78 is 24.6. The zero-order valence-corrected chi connectivity index (χ0v) is 12.4. The van der Waals surface area contributed by atoms with Crippen LogP contribution in [0.2, 0.25) is 0 Å². The average Bonchev–Trinajstić information content (AvgIpc) is 2.73. The first-order valence-corrected chi connectivity index (χ1v) is 7.95. The first kappa shape index (κ1) is 14.4.